The van der Waals surface area contributed by atoms with E-state index in [9.17, 15) is 8.78 Å². The van der Waals surface area contributed by atoms with Gasteiger partial charge in [-0.25, -0.2) is 0 Å². The van der Waals surface area contributed by atoms with Crippen molar-refractivity contribution in [2.24, 2.45) is 17.8 Å². The van der Waals surface area contributed by atoms with Gasteiger partial charge < -0.3 is 14.2 Å². The van der Waals surface area contributed by atoms with Crippen LogP contribution < -0.4 is 9.47 Å². The van der Waals surface area contributed by atoms with Crippen LogP contribution in [-0.2, 0) is 4.74 Å². The van der Waals surface area contributed by atoms with Crippen LogP contribution in [0.5, 0.6) is 11.5 Å². The van der Waals surface area contributed by atoms with Gasteiger partial charge in [-0.05, 0) is 62.0 Å². The van der Waals surface area contributed by atoms with Crippen LogP contribution in [-0.4, -0.2) is 25.9 Å². The molecular weight excluding hydrogens is 410 g/mol. The quantitative estimate of drug-likeness (QED) is 0.304. The van der Waals surface area contributed by atoms with Crippen molar-refractivity contribution in [3.05, 3.63) is 23.8 Å². The summed E-state index contributed by atoms with van der Waals surface area (Å²) in [5, 5.41) is 0. The lowest BCUT2D eigenvalue weighted by molar-refractivity contribution is -0.0565. The summed E-state index contributed by atoms with van der Waals surface area (Å²) < 4.78 is 45.5. The summed E-state index contributed by atoms with van der Waals surface area (Å²) in [5.74, 6) is 0.263. The lowest BCUT2D eigenvalue weighted by Crippen LogP contribution is -2.35. The smallest absolute Gasteiger partial charge is 0.204 e. The minimum Gasteiger partial charge on any atom is -0.490 e. The van der Waals surface area contributed by atoms with Crippen molar-refractivity contribution in [2.75, 3.05) is 19.8 Å². The molecule has 3 nitrogen and oxygen atoms in total. The van der Waals surface area contributed by atoms with Gasteiger partial charge in [0.1, 0.15) is 6.61 Å². The molecular formula is C27H42F2O3. The predicted octanol–water partition coefficient (Wildman–Crippen LogP) is 7.70. The van der Waals surface area contributed by atoms with Gasteiger partial charge in [0.25, 0.3) is 0 Å². The summed E-state index contributed by atoms with van der Waals surface area (Å²) in [7, 11) is 0. The summed E-state index contributed by atoms with van der Waals surface area (Å²) >= 11 is 0. The van der Waals surface area contributed by atoms with Gasteiger partial charge in [-0.2, -0.15) is 8.78 Å². The van der Waals surface area contributed by atoms with Gasteiger partial charge in [0.05, 0.1) is 19.3 Å². The zero-order chi connectivity index (χ0) is 22.8. The van der Waals surface area contributed by atoms with Crippen molar-refractivity contribution in [3.63, 3.8) is 0 Å². The number of ether oxygens (including phenoxy) is 3. The number of unbranched alkanes of at least 4 members (excludes halogenated alkanes) is 3. The normalized spacial score (nSPS) is 26.1. The molecule has 1 heterocycles. The SMILES string of the molecule is CCCCCC1CCC(C2CCC(COc3ccc(OCCCC)c(F)c3F)OC2)CC1. The molecule has 3 rings (SSSR count). The highest BCUT2D eigenvalue weighted by molar-refractivity contribution is 5.35. The van der Waals surface area contributed by atoms with Crippen LogP contribution >= 0.6 is 0 Å². The molecule has 32 heavy (non-hydrogen) atoms. The molecule has 2 aliphatic rings. The third-order valence-electron chi connectivity index (χ3n) is 7.37. The first-order valence-electron chi connectivity index (χ1n) is 13.0. The van der Waals surface area contributed by atoms with Crippen LogP contribution in [0.4, 0.5) is 8.78 Å². The second-order valence-corrected chi connectivity index (χ2v) is 9.77. The molecule has 0 aromatic heterocycles. The van der Waals surface area contributed by atoms with E-state index in [1.165, 1.54) is 63.5 Å². The van der Waals surface area contributed by atoms with Crippen molar-refractivity contribution in [3.8, 4) is 11.5 Å². The zero-order valence-electron chi connectivity index (χ0n) is 20.1. The molecule has 0 spiro atoms. The summed E-state index contributed by atoms with van der Waals surface area (Å²) in [6.45, 7) is 5.69. The predicted molar refractivity (Wildman–Crippen MR) is 124 cm³/mol. The van der Waals surface area contributed by atoms with Crippen LogP contribution in [0, 0.1) is 29.4 Å². The lowest BCUT2D eigenvalue weighted by atomic mass is 9.73. The average molecular weight is 453 g/mol. The van der Waals surface area contributed by atoms with Crippen molar-refractivity contribution < 1.29 is 23.0 Å². The van der Waals surface area contributed by atoms with Gasteiger partial charge in [0.2, 0.25) is 11.6 Å². The maximum absolute atomic E-state index is 14.3. The molecule has 2 unspecified atom stereocenters. The third-order valence-corrected chi connectivity index (χ3v) is 7.37. The topological polar surface area (TPSA) is 27.7 Å². The second kappa shape index (κ2) is 13.4. The van der Waals surface area contributed by atoms with Crippen molar-refractivity contribution >= 4 is 0 Å². The van der Waals surface area contributed by atoms with Gasteiger partial charge in [0, 0.05) is 0 Å². The Hall–Kier alpha value is -1.36. The van der Waals surface area contributed by atoms with Crippen molar-refractivity contribution in [2.45, 2.75) is 97.0 Å². The van der Waals surface area contributed by atoms with Gasteiger partial charge >= 0.3 is 0 Å². The van der Waals surface area contributed by atoms with E-state index < -0.39 is 11.6 Å². The molecule has 1 aromatic carbocycles. The lowest BCUT2D eigenvalue weighted by Gasteiger charge is -2.37. The maximum Gasteiger partial charge on any atom is 0.204 e. The van der Waals surface area contributed by atoms with Crippen LogP contribution in [0.25, 0.3) is 0 Å². The first-order valence-corrected chi connectivity index (χ1v) is 13.0. The Morgan fingerprint density at radius 1 is 0.812 bits per heavy atom. The monoisotopic (exact) mass is 452 g/mol. The Kier molecular flexibility index (Phi) is 10.6. The number of hydrogen-bond acceptors (Lipinski definition) is 3. The van der Waals surface area contributed by atoms with E-state index in [2.05, 4.69) is 6.92 Å². The Morgan fingerprint density at radius 2 is 1.47 bits per heavy atom. The molecule has 182 valence electrons. The summed E-state index contributed by atoms with van der Waals surface area (Å²) in [6, 6.07) is 2.89. The fourth-order valence-corrected chi connectivity index (χ4v) is 5.21. The molecule has 2 atom stereocenters. The largest absolute Gasteiger partial charge is 0.490 e. The average Bonchev–Trinajstić information content (AvgIpc) is 2.82. The Labute approximate surface area is 193 Å². The molecule has 1 aliphatic heterocycles. The molecule has 1 aliphatic carbocycles. The van der Waals surface area contributed by atoms with E-state index >= 15 is 0 Å². The van der Waals surface area contributed by atoms with Crippen LogP contribution in [0.2, 0.25) is 0 Å². The summed E-state index contributed by atoms with van der Waals surface area (Å²) in [4.78, 5) is 0. The first kappa shape index (κ1) is 25.3. The fraction of sp³-hybridized carbons (Fsp3) is 0.778. The Bertz CT molecular complexity index is 665. The molecule has 5 heteroatoms. The van der Waals surface area contributed by atoms with E-state index in [-0.39, 0.29) is 24.2 Å². The van der Waals surface area contributed by atoms with Gasteiger partial charge in [-0.15, -0.1) is 0 Å². The number of hydrogen-bond donors (Lipinski definition) is 0. The van der Waals surface area contributed by atoms with Gasteiger partial charge in [-0.1, -0.05) is 58.8 Å². The van der Waals surface area contributed by atoms with Crippen LogP contribution in [0.1, 0.15) is 90.9 Å². The fourth-order valence-electron chi connectivity index (χ4n) is 5.21. The molecule has 1 saturated carbocycles. The number of benzene rings is 1. The molecule has 0 bridgehead atoms. The molecule has 1 saturated heterocycles. The first-order chi connectivity index (χ1) is 15.6. The number of rotatable bonds is 12. The number of halogens is 2. The third kappa shape index (κ3) is 7.33. The standard InChI is InChI=1S/C27H42F2O3/c1-3-5-7-8-20-9-11-21(12-10-20)22-13-14-23(31-18-22)19-32-25-16-15-24(26(28)27(25)29)30-17-6-4-2/h15-16,20-23H,3-14,17-19H2,1-2H3. The second-order valence-electron chi connectivity index (χ2n) is 9.77. The van der Waals surface area contributed by atoms with E-state index in [0.29, 0.717) is 12.5 Å². The van der Waals surface area contributed by atoms with Gasteiger partial charge in [0.15, 0.2) is 11.5 Å². The molecule has 0 amide bonds. The minimum atomic E-state index is -0.983. The Balaban J connectivity index is 1.37. The molecule has 0 radical (unpaired) electrons. The van der Waals surface area contributed by atoms with E-state index in [1.54, 1.807) is 0 Å². The highest BCUT2D eigenvalue weighted by atomic mass is 19.2. The summed E-state index contributed by atoms with van der Waals surface area (Å²) in [5.41, 5.74) is 0. The summed E-state index contributed by atoms with van der Waals surface area (Å²) in [6.07, 6.45) is 14.6. The van der Waals surface area contributed by atoms with Gasteiger partial charge in [-0.3, -0.25) is 0 Å². The maximum atomic E-state index is 14.3. The van der Waals surface area contributed by atoms with E-state index in [4.69, 9.17) is 14.2 Å². The van der Waals surface area contributed by atoms with Crippen molar-refractivity contribution in [1.29, 1.82) is 0 Å². The highest BCUT2D eigenvalue weighted by Gasteiger charge is 2.31. The van der Waals surface area contributed by atoms with E-state index in [0.717, 1.165) is 44.1 Å². The molecule has 0 N–H and O–H groups in total. The molecule has 1 aromatic rings. The van der Waals surface area contributed by atoms with E-state index in [1.807, 2.05) is 6.92 Å². The molecule has 2 fully saturated rings. The van der Waals surface area contributed by atoms with Crippen molar-refractivity contribution in [1.82, 2.24) is 0 Å². The van der Waals surface area contributed by atoms with Crippen LogP contribution in [0.3, 0.4) is 0 Å². The minimum absolute atomic E-state index is 0.0554. The highest BCUT2D eigenvalue weighted by Crippen LogP contribution is 2.39. The zero-order valence-corrected chi connectivity index (χ0v) is 20.1. The van der Waals surface area contributed by atoms with Crippen LogP contribution in [0.15, 0.2) is 12.1 Å². The Morgan fingerprint density at radius 3 is 2.09 bits per heavy atom.